The molecule has 0 unspecified atom stereocenters. The van der Waals surface area contributed by atoms with Gasteiger partial charge in [-0.15, -0.1) is 0 Å². The van der Waals surface area contributed by atoms with Gasteiger partial charge in [-0.3, -0.25) is 4.79 Å². The van der Waals surface area contributed by atoms with Crippen LogP contribution in [-0.2, 0) is 6.61 Å². The van der Waals surface area contributed by atoms with E-state index in [1.54, 1.807) is 24.3 Å². The lowest BCUT2D eigenvalue weighted by Gasteiger charge is -2.14. The van der Waals surface area contributed by atoms with Crippen molar-refractivity contribution in [2.75, 3.05) is 7.11 Å². The lowest BCUT2D eigenvalue weighted by molar-refractivity contribution is 0.103. The zero-order chi connectivity index (χ0) is 18.1. The lowest BCUT2D eigenvalue weighted by atomic mass is 9.92. The number of methoxy groups -OCH3 is 1. The molecule has 0 saturated carbocycles. The highest BCUT2D eigenvalue weighted by Crippen LogP contribution is 2.37. The summed E-state index contributed by atoms with van der Waals surface area (Å²) in [7, 11) is 1.45. The first kappa shape index (κ1) is 16.8. The number of hydrogen-bond acceptors (Lipinski definition) is 5. The Balaban J connectivity index is 2.31. The Bertz CT molecular complexity index is 975. The lowest BCUT2D eigenvalue weighted by Crippen LogP contribution is -2.08. The standard InChI is InChI=1S/C20H18O5/c1-11-8-12-6-7-15(22)19(18(12)16(23)9-11)20(24)13-4-3-5-17(25-2)14(13)10-21/h3-9,21-23H,10H2,1-2H3. The predicted molar refractivity (Wildman–Crippen MR) is 94.4 cm³/mol. The fourth-order valence-corrected chi connectivity index (χ4v) is 3.08. The van der Waals surface area contributed by atoms with Crippen LogP contribution in [0, 0.1) is 6.92 Å². The third-order valence-electron chi connectivity index (χ3n) is 4.20. The number of aliphatic hydroxyl groups is 1. The fraction of sp³-hybridized carbons (Fsp3) is 0.150. The molecule has 0 aromatic heterocycles. The summed E-state index contributed by atoms with van der Waals surface area (Å²) in [5.74, 6) is -0.426. The third-order valence-corrected chi connectivity index (χ3v) is 4.20. The van der Waals surface area contributed by atoms with E-state index in [-0.39, 0.29) is 34.6 Å². The fourth-order valence-electron chi connectivity index (χ4n) is 3.08. The van der Waals surface area contributed by atoms with Crippen molar-refractivity contribution in [3.8, 4) is 17.2 Å². The molecule has 3 N–H and O–H groups in total. The summed E-state index contributed by atoms with van der Waals surface area (Å²) < 4.78 is 5.20. The summed E-state index contributed by atoms with van der Waals surface area (Å²) in [6.07, 6.45) is 0. The molecule has 3 rings (SSSR count). The van der Waals surface area contributed by atoms with E-state index >= 15 is 0 Å². The molecule has 128 valence electrons. The van der Waals surface area contributed by atoms with E-state index in [4.69, 9.17) is 4.74 Å². The molecule has 0 aliphatic rings. The number of carbonyl (C=O) groups excluding carboxylic acids is 1. The van der Waals surface area contributed by atoms with Crippen molar-refractivity contribution in [1.82, 2.24) is 0 Å². The van der Waals surface area contributed by atoms with Crippen molar-refractivity contribution >= 4 is 16.6 Å². The van der Waals surface area contributed by atoms with Gasteiger partial charge in [0, 0.05) is 16.5 Å². The Kier molecular flexibility index (Phi) is 4.33. The summed E-state index contributed by atoms with van der Waals surface area (Å²) in [6, 6.07) is 11.3. The second-order valence-corrected chi connectivity index (χ2v) is 5.82. The number of carbonyl (C=O) groups is 1. The second-order valence-electron chi connectivity index (χ2n) is 5.82. The quantitative estimate of drug-likeness (QED) is 0.636. The predicted octanol–water partition coefficient (Wildman–Crippen LogP) is 3.29. The van der Waals surface area contributed by atoms with E-state index in [2.05, 4.69) is 0 Å². The SMILES string of the molecule is COc1cccc(C(=O)c2c(O)ccc3cc(C)cc(O)c23)c1CO. The minimum atomic E-state index is -0.495. The molecule has 5 heteroatoms. The minimum Gasteiger partial charge on any atom is -0.507 e. The Morgan fingerprint density at radius 1 is 1.08 bits per heavy atom. The highest BCUT2D eigenvalue weighted by Gasteiger charge is 2.23. The molecule has 0 bridgehead atoms. The molecule has 0 spiro atoms. The van der Waals surface area contributed by atoms with Gasteiger partial charge in [0.2, 0.25) is 0 Å². The van der Waals surface area contributed by atoms with Crippen LogP contribution in [-0.4, -0.2) is 28.2 Å². The number of hydrogen-bond donors (Lipinski definition) is 3. The summed E-state index contributed by atoms with van der Waals surface area (Å²) in [6.45, 7) is 1.45. The van der Waals surface area contributed by atoms with Crippen molar-refractivity contribution in [3.05, 3.63) is 64.7 Å². The molecule has 0 atom stereocenters. The van der Waals surface area contributed by atoms with E-state index in [1.807, 2.05) is 13.0 Å². The molecule has 3 aromatic rings. The Labute approximate surface area is 144 Å². The van der Waals surface area contributed by atoms with Crippen molar-refractivity contribution in [2.24, 2.45) is 0 Å². The summed E-state index contributed by atoms with van der Waals surface area (Å²) in [5.41, 5.74) is 1.38. The molecule has 0 amide bonds. The average molecular weight is 338 g/mol. The number of aliphatic hydroxyl groups excluding tert-OH is 1. The van der Waals surface area contributed by atoms with Gasteiger partial charge < -0.3 is 20.1 Å². The van der Waals surface area contributed by atoms with E-state index in [1.165, 1.54) is 19.2 Å². The van der Waals surface area contributed by atoms with E-state index in [0.717, 1.165) is 5.56 Å². The highest BCUT2D eigenvalue weighted by molar-refractivity contribution is 6.20. The summed E-state index contributed by atoms with van der Waals surface area (Å²) in [5, 5.41) is 31.2. The molecule has 0 fully saturated rings. The molecule has 25 heavy (non-hydrogen) atoms. The van der Waals surface area contributed by atoms with Crippen LogP contribution in [0.25, 0.3) is 10.8 Å². The molecule has 0 aliphatic heterocycles. The van der Waals surface area contributed by atoms with Gasteiger partial charge in [-0.25, -0.2) is 0 Å². The van der Waals surface area contributed by atoms with Gasteiger partial charge in [0.1, 0.15) is 17.2 Å². The van der Waals surface area contributed by atoms with Crippen LogP contribution < -0.4 is 4.74 Å². The first-order chi connectivity index (χ1) is 12.0. The van der Waals surface area contributed by atoms with Crippen LogP contribution >= 0.6 is 0 Å². The molecular weight excluding hydrogens is 320 g/mol. The van der Waals surface area contributed by atoms with Crippen LogP contribution in [0.3, 0.4) is 0 Å². The van der Waals surface area contributed by atoms with Crippen molar-refractivity contribution in [1.29, 1.82) is 0 Å². The monoisotopic (exact) mass is 338 g/mol. The molecule has 0 radical (unpaired) electrons. The number of phenols is 2. The molecular formula is C20H18O5. The maximum Gasteiger partial charge on any atom is 0.198 e. The van der Waals surface area contributed by atoms with Crippen LogP contribution in [0.1, 0.15) is 27.0 Å². The van der Waals surface area contributed by atoms with Gasteiger partial charge in [0.15, 0.2) is 5.78 Å². The number of phenolic OH excluding ortho intramolecular Hbond substituents is 2. The number of ether oxygens (including phenoxy) is 1. The second kappa shape index (κ2) is 6.45. The zero-order valence-corrected chi connectivity index (χ0v) is 13.9. The van der Waals surface area contributed by atoms with Crippen molar-refractivity contribution in [3.63, 3.8) is 0 Å². The normalized spacial score (nSPS) is 10.8. The number of benzene rings is 3. The number of ketones is 1. The Morgan fingerprint density at radius 2 is 1.84 bits per heavy atom. The molecule has 0 aliphatic carbocycles. The van der Waals surface area contributed by atoms with Crippen molar-refractivity contribution < 1.29 is 24.9 Å². The minimum absolute atomic E-state index is 0.00190. The van der Waals surface area contributed by atoms with E-state index in [0.29, 0.717) is 16.7 Å². The summed E-state index contributed by atoms with van der Waals surface area (Å²) in [4.78, 5) is 13.1. The Hall–Kier alpha value is -3.05. The molecule has 3 aromatic carbocycles. The van der Waals surface area contributed by atoms with Gasteiger partial charge >= 0.3 is 0 Å². The topological polar surface area (TPSA) is 87.0 Å². The number of aromatic hydroxyl groups is 2. The van der Waals surface area contributed by atoms with Crippen LogP contribution in [0.5, 0.6) is 17.2 Å². The third kappa shape index (κ3) is 2.79. The average Bonchev–Trinajstić information content (AvgIpc) is 2.60. The number of aryl methyl sites for hydroxylation is 1. The van der Waals surface area contributed by atoms with Crippen LogP contribution in [0.15, 0.2) is 42.5 Å². The van der Waals surface area contributed by atoms with Crippen LogP contribution in [0.2, 0.25) is 0 Å². The smallest absolute Gasteiger partial charge is 0.198 e. The molecule has 0 saturated heterocycles. The van der Waals surface area contributed by atoms with Crippen molar-refractivity contribution in [2.45, 2.75) is 13.5 Å². The van der Waals surface area contributed by atoms with Gasteiger partial charge in [-0.1, -0.05) is 24.3 Å². The maximum absolute atomic E-state index is 13.1. The number of fused-ring (bicyclic) bond motifs is 1. The first-order valence-electron chi connectivity index (χ1n) is 7.74. The largest absolute Gasteiger partial charge is 0.507 e. The summed E-state index contributed by atoms with van der Waals surface area (Å²) >= 11 is 0. The number of rotatable bonds is 4. The van der Waals surface area contributed by atoms with Gasteiger partial charge in [0.25, 0.3) is 0 Å². The highest BCUT2D eigenvalue weighted by atomic mass is 16.5. The van der Waals surface area contributed by atoms with E-state index < -0.39 is 5.78 Å². The Morgan fingerprint density at radius 3 is 2.52 bits per heavy atom. The van der Waals surface area contributed by atoms with E-state index in [9.17, 15) is 20.1 Å². The maximum atomic E-state index is 13.1. The van der Waals surface area contributed by atoms with Crippen LogP contribution in [0.4, 0.5) is 0 Å². The van der Waals surface area contributed by atoms with Gasteiger partial charge in [-0.2, -0.15) is 0 Å². The van der Waals surface area contributed by atoms with Gasteiger partial charge in [0.05, 0.1) is 19.3 Å². The first-order valence-corrected chi connectivity index (χ1v) is 7.74. The zero-order valence-electron chi connectivity index (χ0n) is 13.9. The molecule has 5 nitrogen and oxygen atoms in total. The van der Waals surface area contributed by atoms with Gasteiger partial charge in [-0.05, 0) is 36.1 Å². The molecule has 0 heterocycles.